The average molecular weight is 411 g/mol. The molecule has 0 N–H and O–H groups in total. The molecular weight excluding hydrogens is 376 g/mol. The molecule has 0 aliphatic rings. The van der Waals surface area contributed by atoms with E-state index in [1.165, 1.54) is 37.7 Å². The van der Waals surface area contributed by atoms with Gasteiger partial charge in [0.2, 0.25) is 0 Å². The third-order valence-corrected chi connectivity index (χ3v) is 5.04. The van der Waals surface area contributed by atoms with E-state index >= 15 is 0 Å². The molecule has 4 heteroatoms. The number of carbonyl (C=O) groups is 2. The minimum absolute atomic E-state index is 0.228. The van der Waals surface area contributed by atoms with Crippen LogP contribution in [0.5, 0.6) is 5.75 Å². The van der Waals surface area contributed by atoms with E-state index in [9.17, 15) is 9.59 Å². The van der Waals surface area contributed by atoms with Crippen LogP contribution in [0, 0.1) is 0 Å². The number of aryl methyl sites for hydroxylation is 1. The highest BCUT2D eigenvalue weighted by Gasteiger charge is 2.12. The molecule has 2 aromatic rings. The lowest BCUT2D eigenvalue weighted by Gasteiger charge is -2.08. The Morgan fingerprint density at radius 3 is 2.03 bits per heavy atom. The van der Waals surface area contributed by atoms with E-state index in [1.807, 2.05) is 12.1 Å². The fraction of sp³-hybridized carbons (Fsp3) is 0.462. The van der Waals surface area contributed by atoms with E-state index in [2.05, 4.69) is 13.8 Å². The first kappa shape index (κ1) is 23.7. The minimum Gasteiger partial charge on any atom is -0.494 e. The fourth-order valence-electron chi connectivity index (χ4n) is 3.14. The second-order valence-corrected chi connectivity index (χ2v) is 7.59. The number of benzene rings is 2. The number of hydrogen-bond donors (Lipinski definition) is 0. The van der Waals surface area contributed by atoms with Crippen LogP contribution in [-0.4, -0.2) is 25.0 Å². The Bertz CT molecular complexity index is 763. The van der Waals surface area contributed by atoms with Gasteiger partial charge in [-0.15, -0.1) is 0 Å². The van der Waals surface area contributed by atoms with E-state index in [1.54, 1.807) is 36.4 Å². The minimum atomic E-state index is -0.476. The summed E-state index contributed by atoms with van der Waals surface area (Å²) in [5.74, 6) is 0.0450. The van der Waals surface area contributed by atoms with Crippen LogP contribution in [0.2, 0.25) is 0 Å². The van der Waals surface area contributed by atoms with Crippen molar-refractivity contribution in [3.63, 3.8) is 0 Å². The molecule has 0 radical (unpaired) electrons. The predicted octanol–water partition coefficient (Wildman–Crippen LogP) is 6.42. The molecule has 2 aromatic carbocycles. The van der Waals surface area contributed by atoms with Gasteiger partial charge < -0.3 is 9.47 Å². The summed E-state index contributed by atoms with van der Waals surface area (Å²) in [5, 5.41) is 0. The Kier molecular flexibility index (Phi) is 10.7. The van der Waals surface area contributed by atoms with Crippen LogP contribution < -0.4 is 4.74 Å². The second-order valence-electron chi connectivity index (χ2n) is 7.59. The molecule has 0 aliphatic carbocycles. The molecule has 0 unspecified atom stereocenters. The summed E-state index contributed by atoms with van der Waals surface area (Å²) in [4.78, 5) is 24.5. The zero-order chi connectivity index (χ0) is 21.6. The Labute approximate surface area is 180 Å². The van der Waals surface area contributed by atoms with Crippen molar-refractivity contribution in [1.29, 1.82) is 0 Å². The molecule has 0 heterocycles. The highest BCUT2D eigenvalue weighted by atomic mass is 16.5. The Morgan fingerprint density at radius 2 is 1.37 bits per heavy atom. The molecular formula is C26H34O4. The van der Waals surface area contributed by atoms with Crippen molar-refractivity contribution in [2.24, 2.45) is 0 Å². The number of Topliss-reactive ketones (excluding diaryl/α,β-unsaturated/α-hetero) is 1. The summed E-state index contributed by atoms with van der Waals surface area (Å²) >= 11 is 0. The highest BCUT2D eigenvalue weighted by molar-refractivity contribution is 5.99. The third kappa shape index (κ3) is 8.40. The van der Waals surface area contributed by atoms with Crippen molar-refractivity contribution < 1.29 is 19.1 Å². The van der Waals surface area contributed by atoms with Crippen LogP contribution in [0.1, 0.15) is 85.1 Å². The lowest BCUT2D eigenvalue weighted by molar-refractivity contribution is 0.0474. The zero-order valence-electron chi connectivity index (χ0n) is 18.3. The van der Waals surface area contributed by atoms with Crippen molar-refractivity contribution in [1.82, 2.24) is 0 Å². The summed E-state index contributed by atoms with van der Waals surface area (Å²) in [5.41, 5.74) is 2.19. The number of esters is 1. The Balaban J connectivity index is 1.75. The maximum atomic E-state index is 12.3. The van der Waals surface area contributed by atoms with Gasteiger partial charge in [0.25, 0.3) is 0 Å². The number of ether oxygens (including phenoxy) is 2. The first-order chi connectivity index (χ1) is 14.6. The second kappa shape index (κ2) is 13.6. The standard InChI is InChI=1S/C26H34O4/c1-3-5-7-9-19-29-24-17-15-22(16-18-24)25(27)20-30-26(28)23-13-11-21(12-14-23)10-8-6-4-2/h11-18H,3-10,19-20H2,1-2H3. The molecule has 0 bridgehead atoms. The van der Waals surface area contributed by atoms with E-state index in [0.29, 0.717) is 17.7 Å². The number of ketones is 1. The average Bonchev–Trinajstić information content (AvgIpc) is 2.78. The maximum absolute atomic E-state index is 12.3. The van der Waals surface area contributed by atoms with Gasteiger partial charge in [-0.3, -0.25) is 4.79 Å². The van der Waals surface area contributed by atoms with E-state index < -0.39 is 5.97 Å². The van der Waals surface area contributed by atoms with Crippen LogP contribution in [0.15, 0.2) is 48.5 Å². The van der Waals surface area contributed by atoms with Crippen molar-refractivity contribution in [2.45, 2.75) is 65.2 Å². The smallest absolute Gasteiger partial charge is 0.338 e. The van der Waals surface area contributed by atoms with Crippen molar-refractivity contribution >= 4 is 11.8 Å². The molecule has 4 nitrogen and oxygen atoms in total. The molecule has 162 valence electrons. The van der Waals surface area contributed by atoms with Crippen LogP contribution >= 0.6 is 0 Å². The monoisotopic (exact) mass is 410 g/mol. The van der Waals surface area contributed by atoms with E-state index in [4.69, 9.17) is 9.47 Å². The summed E-state index contributed by atoms with van der Waals surface area (Å²) in [6.45, 7) is 4.77. The van der Waals surface area contributed by atoms with Crippen molar-refractivity contribution in [3.05, 3.63) is 65.2 Å². The summed E-state index contributed by atoms with van der Waals surface area (Å²) in [7, 11) is 0. The molecule has 0 aliphatic heterocycles. The lowest BCUT2D eigenvalue weighted by Crippen LogP contribution is -2.14. The van der Waals surface area contributed by atoms with E-state index in [-0.39, 0.29) is 12.4 Å². The first-order valence-electron chi connectivity index (χ1n) is 11.2. The van der Waals surface area contributed by atoms with Crippen molar-refractivity contribution in [2.75, 3.05) is 13.2 Å². The molecule has 0 amide bonds. The molecule has 2 rings (SSSR count). The van der Waals surface area contributed by atoms with Gasteiger partial charge in [-0.25, -0.2) is 4.79 Å². The van der Waals surface area contributed by atoms with Crippen LogP contribution in [0.4, 0.5) is 0 Å². The van der Waals surface area contributed by atoms with Gasteiger partial charge in [-0.05, 0) is 61.2 Å². The summed E-state index contributed by atoms with van der Waals surface area (Å²) in [6.07, 6.45) is 9.18. The maximum Gasteiger partial charge on any atom is 0.338 e. The number of unbranched alkanes of at least 4 members (excludes halogenated alkanes) is 5. The van der Waals surface area contributed by atoms with Crippen LogP contribution in [0.3, 0.4) is 0 Å². The normalized spacial score (nSPS) is 10.6. The topological polar surface area (TPSA) is 52.6 Å². The first-order valence-corrected chi connectivity index (χ1v) is 11.2. The van der Waals surface area contributed by atoms with Gasteiger partial charge in [0.05, 0.1) is 12.2 Å². The summed E-state index contributed by atoms with van der Waals surface area (Å²) in [6, 6.07) is 14.4. The lowest BCUT2D eigenvalue weighted by atomic mass is 10.1. The molecule has 0 aromatic heterocycles. The number of rotatable bonds is 14. The molecule has 0 fully saturated rings. The number of carbonyl (C=O) groups excluding carboxylic acids is 2. The molecule has 0 saturated carbocycles. The SMILES string of the molecule is CCCCCCOc1ccc(C(=O)COC(=O)c2ccc(CCCCC)cc2)cc1. The van der Waals surface area contributed by atoms with Gasteiger partial charge in [0.15, 0.2) is 12.4 Å². The quantitative estimate of drug-likeness (QED) is 0.205. The van der Waals surface area contributed by atoms with Crippen LogP contribution in [0.25, 0.3) is 0 Å². The molecule has 0 atom stereocenters. The van der Waals surface area contributed by atoms with Crippen LogP contribution in [-0.2, 0) is 11.2 Å². The fourth-order valence-corrected chi connectivity index (χ4v) is 3.14. The van der Waals surface area contributed by atoms with Crippen molar-refractivity contribution in [3.8, 4) is 5.75 Å². The number of hydrogen-bond acceptors (Lipinski definition) is 4. The third-order valence-electron chi connectivity index (χ3n) is 5.04. The Hall–Kier alpha value is -2.62. The van der Waals surface area contributed by atoms with Gasteiger partial charge in [-0.1, -0.05) is 58.1 Å². The molecule has 30 heavy (non-hydrogen) atoms. The summed E-state index contributed by atoms with van der Waals surface area (Å²) < 4.78 is 10.9. The highest BCUT2D eigenvalue weighted by Crippen LogP contribution is 2.14. The van der Waals surface area contributed by atoms with E-state index in [0.717, 1.165) is 25.0 Å². The van der Waals surface area contributed by atoms with Gasteiger partial charge in [0, 0.05) is 5.56 Å². The predicted molar refractivity (Wildman–Crippen MR) is 120 cm³/mol. The molecule has 0 saturated heterocycles. The zero-order valence-corrected chi connectivity index (χ0v) is 18.3. The van der Waals surface area contributed by atoms with Gasteiger partial charge in [0.1, 0.15) is 5.75 Å². The molecule has 0 spiro atoms. The van der Waals surface area contributed by atoms with Gasteiger partial charge in [-0.2, -0.15) is 0 Å². The largest absolute Gasteiger partial charge is 0.494 e. The Morgan fingerprint density at radius 1 is 0.733 bits per heavy atom. The van der Waals surface area contributed by atoms with Gasteiger partial charge >= 0.3 is 5.97 Å².